The molecule has 4 heterocycles. The monoisotopic (exact) mass is 377 g/mol. The lowest BCUT2D eigenvalue weighted by Crippen LogP contribution is -2.40. The van der Waals surface area contributed by atoms with Crippen molar-refractivity contribution < 1.29 is 4.74 Å². The van der Waals surface area contributed by atoms with Crippen LogP contribution in [0.2, 0.25) is 0 Å². The van der Waals surface area contributed by atoms with E-state index in [0.29, 0.717) is 19.0 Å². The van der Waals surface area contributed by atoms with Gasteiger partial charge in [-0.15, -0.1) is 0 Å². The van der Waals surface area contributed by atoms with Crippen molar-refractivity contribution in [2.24, 2.45) is 0 Å². The fraction of sp³-hybridized carbons (Fsp3) is 0.450. The molecular weight excluding hydrogens is 354 g/mol. The molecule has 0 saturated carbocycles. The number of nitrogens with one attached hydrogen (secondary N) is 1. The normalized spacial score (nSPS) is 19.0. The smallest absolute Gasteiger partial charge is 0.181 e. The molecule has 3 aromatic heterocycles. The number of ether oxygens (including phenoxy) is 1. The fourth-order valence-corrected chi connectivity index (χ4v) is 3.89. The molecule has 0 bridgehead atoms. The summed E-state index contributed by atoms with van der Waals surface area (Å²) in [6.07, 6.45) is 5.60. The Kier molecular flexibility index (Phi) is 4.48. The van der Waals surface area contributed by atoms with Crippen molar-refractivity contribution in [1.82, 2.24) is 30.1 Å². The van der Waals surface area contributed by atoms with Crippen LogP contribution < -0.4 is 4.90 Å². The van der Waals surface area contributed by atoms with Gasteiger partial charge in [0, 0.05) is 30.4 Å². The molecule has 1 atom stereocenters. The molecule has 1 aliphatic carbocycles. The van der Waals surface area contributed by atoms with E-state index in [1.165, 1.54) is 5.56 Å². The second-order valence-corrected chi connectivity index (χ2v) is 7.16. The van der Waals surface area contributed by atoms with Crippen LogP contribution in [0.5, 0.6) is 0 Å². The number of hydrogen-bond acceptors (Lipinski definition) is 7. The predicted molar refractivity (Wildman–Crippen MR) is 104 cm³/mol. The third kappa shape index (κ3) is 3.13. The molecule has 1 aliphatic heterocycles. The molecule has 0 amide bonds. The number of aryl methyl sites for hydroxylation is 2. The number of aromatic amines is 1. The van der Waals surface area contributed by atoms with E-state index in [2.05, 4.69) is 32.0 Å². The largest absolute Gasteiger partial charge is 0.366 e. The van der Waals surface area contributed by atoms with Crippen molar-refractivity contribution in [2.45, 2.75) is 38.7 Å². The lowest BCUT2D eigenvalue weighted by molar-refractivity contribution is 0.0339. The molecule has 3 aromatic rings. The van der Waals surface area contributed by atoms with Crippen molar-refractivity contribution in [3.8, 4) is 11.5 Å². The number of morpholine rings is 1. The Morgan fingerprint density at radius 3 is 3.00 bits per heavy atom. The molecule has 1 unspecified atom stereocenters. The molecule has 8 nitrogen and oxygen atoms in total. The van der Waals surface area contributed by atoms with E-state index in [1.54, 1.807) is 6.20 Å². The van der Waals surface area contributed by atoms with Crippen LogP contribution in [0.1, 0.15) is 42.4 Å². The Morgan fingerprint density at radius 1 is 1.21 bits per heavy atom. The minimum Gasteiger partial charge on any atom is -0.366 e. The number of fused-ring (bicyclic) bond motifs is 1. The Labute approximate surface area is 163 Å². The fourth-order valence-electron chi connectivity index (χ4n) is 3.89. The number of nitrogens with zero attached hydrogens (tertiary/aromatic N) is 6. The number of aromatic nitrogens is 6. The van der Waals surface area contributed by atoms with Crippen LogP contribution in [0, 0.1) is 0 Å². The molecule has 1 saturated heterocycles. The van der Waals surface area contributed by atoms with Crippen molar-refractivity contribution >= 4 is 5.82 Å². The van der Waals surface area contributed by atoms with Gasteiger partial charge in [0.15, 0.2) is 11.6 Å². The maximum Gasteiger partial charge on any atom is 0.181 e. The highest BCUT2D eigenvalue weighted by atomic mass is 16.5. The number of anilines is 1. The molecule has 2 aliphatic rings. The summed E-state index contributed by atoms with van der Waals surface area (Å²) in [6, 6.07) is 5.84. The zero-order valence-corrected chi connectivity index (χ0v) is 15.9. The number of rotatable bonds is 4. The standard InChI is InChI=1S/C20H23N7O/c1-2-17-23-19(26-25-17)16-12-27(10-11-28-16)20-13-6-5-8-14(13)22-18(24-20)15-7-3-4-9-21-15/h3-4,7,9,16H,2,5-6,8,10-12H2,1H3,(H,23,25,26). The molecule has 1 N–H and O–H groups in total. The van der Waals surface area contributed by atoms with E-state index >= 15 is 0 Å². The Hall–Kier alpha value is -2.87. The van der Waals surface area contributed by atoms with E-state index in [9.17, 15) is 0 Å². The highest BCUT2D eigenvalue weighted by molar-refractivity contribution is 5.59. The van der Waals surface area contributed by atoms with Crippen molar-refractivity contribution in [3.63, 3.8) is 0 Å². The van der Waals surface area contributed by atoms with Crippen LogP contribution in [-0.4, -0.2) is 49.8 Å². The van der Waals surface area contributed by atoms with Gasteiger partial charge in [-0.1, -0.05) is 13.0 Å². The van der Waals surface area contributed by atoms with Gasteiger partial charge in [-0.05, 0) is 31.4 Å². The Bertz CT molecular complexity index is 972. The molecule has 1 fully saturated rings. The molecule has 8 heteroatoms. The van der Waals surface area contributed by atoms with E-state index in [1.807, 2.05) is 18.2 Å². The summed E-state index contributed by atoms with van der Waals surface area (Å²) in [7, 11) is 0. The Balaban J connectivity index is 1.49. The second kappa shape index (κ2) is 7.27. The van der Waals surface area contributed by atoms with Gasteiger partial charge in [0.1, 0.15) is 23.4 Å². The quantitative estimate of drug-likeness (QED) is 0.745. The van der Waals surface area contributed by atoms with Crippen LogP contribution >= 0.6 is 0 Å². The van der Waals surface area contributed by atoms with Gasteiger partial charge in [-0.25, -0.2) is 15.0 Å². The summed E-state index contributed by atoms with van der Waals surface area (Å²) >= 11 is 0. The van der Waals surface area contributed by atoms with Crippen LogP contribution in [-0.2, 0) is 24.0 Å². The predicted octanol–water partition coefficient (Wildman–Crippen LogP) is 2.29. The zero-order chi connectivity index (χ0) is 18.9. The maximum atomic E-state index is 5.97. The molecule has 28 heavy (non-hydrogen) atoms. The summed E-state index contributed by atoms with van der Waals surface area (Å²) in [5.41, 5.74) is 3.23. The molecule has 144 valence electrons. The van der Waals surface area contributed by atoms with Gasteiger partial charge < -0.3 is 9.64 Å². The maximum absolute atomic E-state index is 5.97. The van der Waals surface area contributed by atoms with E-state index < -0.39 is 0 Å². The molecular formula is C20H23N7O. The van der Waals surface area contributed by atoms with Crippen molar-refractivity contribution in [2.75, 3.05) is 24.6 Å². The summed E-state index contributed by atoms with van der Waals surface area (Å²) < 4.78 is 5.97. The lowest BCUT2D eigenvalue weighted by Gasteiger charge is -2.33. The summed E-state index contributed by atoms with van der Waals surface area (Å²) in [4.78, 5) is 21.0. The van der Waals surface area contributed by atoms with Gasteiger partial charge >= 0.3 is 0 Å². The van der Waals surface area contributed by atoms with E-state index in [0.717, 1.165) is 61.1 Å². The molecule has 0 radical (unpaired) electrons. The highest BCUT2D eigenvalue weighted by Gasteiger charge is 2.30. The highest BCUT2D eigenvalue weighted by Crippen LogP contribution is 2.33. The first-order valence-electron chi connectivity index (χ1n) is 9.90. The SMILES string of the molecule is CCc1nc(C2CN(c3nc(-c4ccccn4)nc4c3CCC4)CCO2)n[nH]1. The number of pyridine rings is 1. The first-order valence-corrected chi connectivity index (χ1v) is 9.90. The van der Waals surface area contributed by atoms with Gasteiger partial charge in [0.25, 0.3) is 0 Å². The third-order valence-electron chi connectivity index (χ3n) is 5.34. The third-order valence-corrected chi connectivity index (χ3v) is 5.34. The van der Waals surface area contributed by atoms with Gasteiger partial charge in [0.05, 0.1) is 13.2 Å². The molecule has 5 rings (SSSR count). The van der Waals surface area contributed by atoms with Crippen molar-refractivity contribution in [3.05, 3.63) is 47.3 Å². The van der Waals surface area contributed by atoms with Gasteiger partial charge in [0.2, 0.25) is 0 Å². The van der Waals surface area contributed by atoms with Crippen LogP contribution in [0.4, 0.5) is 5.82 Å². The van der Waals surface area contributed by atoms with Crippen LogP contribution in [0.3, 0.4) is 0 Å². The van der Waals surface area contributed by atoms with Gasteiger partial charge in [-0.2, -0.15) is 5.10 Å². The second-order valence-electron chi connectivity index (χ2n) is 7.16. The number of H-pyrrole nitrogens is 1. The van der Waals surface area contributed by atoms with E-state index in [4.69, 9.17) is 14.7 Å². The topological polar surface area (TPSA) is 92.7 Å². The van der Waals surface area contributed by atoms with Crippen molar-refractivity contribution in [1.29, 1.82) is 0 Å². The first kappa shape index (κ1) is 17.2. The summed E-state index contributed by atoms with van der Waals surface area (Å²) in [6.45, 7) is 4.17. The lowest BCUT2D eigenvalue weighted by atomic mass is 10.2. The van der Waals surface area contributed by atoms with Crippen LogP contribution in [0.25, 0.3) is 11.5 Å². The number of hydrogen-bond donors (Lipinski definition) is 1. The molecule has 0 aromatic carbocycles. The average molecular weight is 377 g/mol. The Morgan fingerprint density at radius 2 is 2.18 bits per heavy atom. The van der Waals surface area contributed by atoms with E-state index in [-0.39, 0.29) is 6.10 Å². The first-order chi connectivity index (χ1) is 13.8. The minimum absolute atomic E-state index is 0.157. The minimum atomic E-state index is -0.157. The summed E-state index contributed by atoms with van der Waals surface area (Å²) in [5, 5.41) is 7.33. The summed E-state index contributed by atoms with van der Waals surface area (Å²) in [5.74, 6) is 3.32. The van der Waals surface area contributed by atoms with Gasteiger partial charge in [-0.3, -0.25) is 10.1 Å². The molecule has 0 spiro atoms. The van der Waals surface area contributed by atoms with Crippen LogP contribution in [0.15, 0.2) is 24.4 Å². The average Bonchev–Trinajstić information content (AvgIpc) is 3.43. The zero-order valence-electron chi connectivity index (χ0n) is 15.9.